The molecule has 1 atom stereocenters. The SMILES string of the molecule is C1CCCCC1.C=C1CCC(N2C(=C)c3ccc(NC)cc3C2=O)C(=C)N1. The molecule has 0 bridgehead atoms. The van der Waals surface area contributed by atoms with Gasteiger partial charge in [0.05, 0.1) is 11.6 Å². The van der Waals surface area contributed by atoms with E-state index in [0.29, 0.717) is 5.56 Å². The summed E-state index contributed by atoms with van der Waals surface area (Å²) >= 11 is 0. The van der Waals surface area contributed by atoms with Gasteiger partial charge in [0, 0.05) is 35.4 Å². The average molecular weight is 366 g/mol. The summed E-state index contributed by atoms with van der Waals surface area (Å²) in [6, 6.07) is 5.71. The van der Waals surface area contributed by atoms with Crippen LogP contribution in [0.5, 0.6) is 0 Å². The lowest BCUT2D eigenvalue weighted by Crippen LogP contribution is -2.42. The van der Waals surface area contributed by atoms with Gasteiger partial charge in [-0.1, -0.05) is 64.3 Å². The maximum absolute atomic E-state index is 12.7. The molecule has 2 heterocycles. The van der Waals surface area contributed by atoms with Gasteiger partial charge in [-0.3, -0.25) is 9.69 Å². The highest BCUT2D eigenvalue weighted by atomic mass is 16.2. The highest BCUT2D eigenvalue weighted by molar-refractivity contribution is 6.09. The molecule has 1 saturated carbocycles. The van der Waals surface area contributed by atoms with Crippen molar-refractivity contribution in [2.75, 3.05) is 12.4 Å². The van der Waals surface area contributed by atoms with Crippen molar-refractivity contribution in [2.45, 2.75) is 57.4 Å². The van der Waals surface area contributed by atoms with Gasteiger partial charge < -0.3 is 10.6 Å². The van der Waals surface area contributed by atoms with Gasteiger partial charge in [0.15, 0.2) is 0 Å². The maximum Gasteiger partial charge on any atom is 0.259 e. The number of anilines is 1. The first-order valence-electron chi connectivity index (χ1n) is 10.0. The van der Waals surface area contributed by atoms with Crippen LogP contribution in [-0.2, 0) is 0 Å². The quantitative estimate of drug-likeness (QED) is 0.750. The Morgan fingerprint density at radius 2 is 1.67 bits per heavy atom. The van der Waals surface area contributed by atoms with Crippen molar-refractivity contribution in [3.63, 3.8) is 0 Å². The molecule has 2 N–H and O–H groups in total. The molecule has 2 fully saturated rings. The van der Waals surface area contributed by atoms with Crippen LogP contribution in [0, 0.1) is 0 Å². The van der Waals surface area contributed by atoms with Gasteiger partial charge in [0.1, 0.15) is 0 Å². The number of nitrogens with zero attached hydrogens (tertiary/aromatic N) is 1. The second-order valence-corrected chi connectivity index (χ2v) is 7.56. The largest absolute Gasteiger partial charge is 0.388 e. The van der Waals surface area contributed by atoms with E-state index < -0.39 is 0 Å². The molecule has 4 nitrogen and oxygen atoms in total. The number of rotatable bonds is 2. The molecule has 1 amide bonds. The zero-order valence-electron chi connectivity index (χ0n) is 16.4. The molecule has 27 heavy (non-hydrogen) atoms. The number of piperidine rings is 1. The topological polar surface area (TPSA) is 44.4 Å². The molecule has 144 valence electrons. The van der Waals surface area contributed by atoms with Gasteiger partial charge >= 0.3 is 0 Å². The summed E-state index contributed by atoms with van der Waals surface area (Å²) in [6.45, 7) is 12.1. The van der Waals surface area contributed by atoms with Crippen molar-refractivity contribution in [1.82, 2.24) is 10.2 Å². The Morgan fingerprint density at radius 3 is 2.22 bits per heavy atom. The van der Waals surface area contributed by atoms with Crippen molar-refractivity contribution in [1.29, 1.82) is 0 Å². The molecule has 3 aliphatic rings. The van der Waals surface area contributed by atoms with Crippen LogP contribution in [0.3, 0.4) is 0 Å². The normalized spacial score (nSPS) is 22.0. The Morgan fingerprint density at radius 1 is 1.04 bits per heavy atom. The summed E-state index contributed by atoms with van der Waals surface area (Å²) < 4.78 is 0. The number of amides is 1. The Hall–Kier alpha value is -2.49. The summed E-state index contributed by atoms with van der Waals surface area (Å²) in [6.07, 6.45) is 10.7. The van der Waals surface area contributed by atoms with Crippen LogP contribution in [0.4, 0.5) is 5.69 Å². The van der Waals surface area contributed by atoms with Crippen molar-refractivity contribution in [3.8, 4) is 0 Å². The minimum Gasteiger partial charge on any atom is -0.388 e. The lowest BCUT2D eigenvalue weighted by molar-refractivity contribution is 0.0809. The fourth-order valence-corrected chi connectivity index (χ4v) is 4.04. The number of allylic oxidation sites excluding steroid dienone is 1. The molecule has 0 aromatic heterocycles. The molecule has 1 aromatic rings. The predicted molar refractivity (Wildman–Crippen MR) is 113 cm³/mol. The maximum atomic E-state index is 12.7. The number of hydrogen-bond donors (Lipinski definition) is 2. The van der Waals surface area contributed by atoms with Gasteiger partial charge in [0.2, 0.25) is 0 Å². The van der Waals surface area contributed by atoms with Crippen LogP contribution in [0.15, 0.2) is 49.3 Å². The van der Waals surface area contributed by atoms with Gasteiger partial charge in [-0.25, -0.2) is 0 Å². The number of fused-ring (bicyclic) bond motifs is 1. The third-order valence-electron chi connectivity index (χ3n) is 5.63. The molecule has 0 radical (unpaired) electrons. The van der Waals surface area contributed by atoms with E-state index in [2.05, 4.69) is 30.4 Å². The standard InChI is InChI=1S/C17H19N3O.C6H12/c1-10-5-8-16(11(2)19-10)20-12(3)14-7-6-13(18-4)9-15(14)17(20)21;1-2-4-6-5-3-1/h6-7,9,16,18-19H,1-3,5,8H2,4H3;1-6H2. The highest BCUT2D eigenvalue weighted by Gasteiger charge is 2.38. The zero-order chi connectivity index (χ0) is 19.4. The third-order valence-corrected chi connectivity index (χ3v) is 5.63. The number of benzene rings is 1. The number of hydrogen-bond acceptors (Lipinski definition) is 3. The van der Waals surface area contributed by atoms with Crippen molar-refractivity contribution < 1.29 is 4.79 Å². The van der Waals surface area contributed by atoms with Crippen molar-refractivity contribution in [3.05, 3.63) is 60.5 Å². The zero-order valence-corrected chi connectivity index (χ0v) is 16.4. The minimum absolute atomic E-state index is 0.00689. The fourth-order valence-electron chi connectivity index (χ4n) is 4.04. The van der Waals surface area contributed by atoms with E-state index in [-0.39, 0.29) is 11.9 Å². The lowest BCUT2D eigenvalue weighted by Gasteiger charge is -2.35. The Labute approximate surface area is 163 Å². The average Bonchev–Trinajstić information content (AvgIpc) is 2.94. The number of nitrogens with one attached hydrogen (secondary N) is 2. The summed E-state index contributed by atoms with van der Waals surface area (Å²) in [4.78, 5) is 14.5. The third kappa shape index (κ3) is 4.10. The van der Waals surface area contributed by atoms with E-state index in [1.807, 2.05) is 25.2 Å². The van der Waals surface area contributed by atoms with E-state index in [1.165, 1.54) is 38.5 Å². The van der Waals surface area contributed by atoms with E-state index >= 15 is 0 Å². The summed E-state index contributed by atoms with van der Waals surface area (Å²) in [5.41, 5.74) is 5.02. The van der Waals surface area contributed by atoms with Crippen LogP contribution in [0.2, 0.25) is 0 Å². The Bertz CT molecular complexity index is 749. The smallest absolute Gasteiger partial charge is 0.259 e. The fraction of sp³-hybridized carbons (Fsp3) is 0.435. The van der Waals surface area contributed by atoms with Gasteiger partial charge in [-0.05, 0) is 25.0 Å². The molecule has 2 aliphatic heterocycles. The van der Waals surface area contributed by atoms with Gasteiger partial charge in [-0.2, -0.15) is 0 Å². The molecule has 4 heteroatoms. The first-order chi connectivity index (χ1) is 13.0. The number of carbonyl (C=O) groups is 1. The molecule has 0 spiro atoms. The minimum atomic E-state index is -0.0686. The van der Waals surface area contributed by atoms with Crippen molar-refractivity contribution >= 4 is 17.3 Å². The van der Waals surface area contributed by atoms with E-state index in [1.54, 1.807) is 4.90 Å². The first-order valence-corrected chi connectivity index (χ1v) is 10.0. The second-order valence-electron chi connectivity index (χ2n) is 7.56. The molecule has 1 unspecified atom stereocenters. The van der Waals surface area contributed by atoms with Gasteiger partial charge in [0.25, 0.3) is 5.91 Å². The Kier molecular flexibility index (Phi) is 6.04. The van der Waals surface area contributed by atoms with Gasteiger partial charge in [-0.15, -0.1) is 0 Å². The molecular weight excluding hydrogens is 334 g/mol. The number of carbonyl (C=O) groups excluding carboxylic acids is 1. The van der Waals surface area contributed by atoms with Crippen LogP contribution in [0.1, 0.15) is 67.3 Å². The van der Waals surface area contributed by atoms with Crippen LogP contribution < -0.4 is 10.6 Å². The molecule has 1 aliphatic carbocycles. The highest BCUT2D eigenvalue weighted by Crippen LogP contribution is 2.38. The predicted octanol–water partition coefficient (Wildman–Crippen LogP) is 5.27. The summed E-state index contributed by atoms with van der Waals surface area (Å²) in [7, 11) is 1.84. The van der Waals surface area contributed by atoms with Crippen molar-refractivity contribution in [2.24, 2.45) is 0 Å². The first kappa shape index (κ1) is 19.3. The molecule has 4 rings (SSSR count). The Balaban J connectivity index is 0.000000299. The second kappa shape index (κ2) is 8.47. The van der Waals surface area contributed by atoms with Crippen LogP contribution in [0.25, 0.3) is 5.70 Å². The van der Waals surface area contributed by atoms with E-state index in [9.17, 15) is 4.79 Å². The molecule has 1 saturated heterocycles. The van der Waals surface area contributed by atoms with Crippen LogP contribution in [-0.4, -0.2) is 23.9 Å². The van der Waals surface area contributed by atoms with E-state index in [0.717, 1.165) is 41.2 Å². The lowest BCUT2D eigenvalue weighted by atomic mass is 10.0. The van der Waals surface area contributed by atoms with Crippen LogP contribution >= 0.6 is 0 Å². The molecular formula is C23H31N3O. The van der Waals surface area contributed by atoms with E-state index in [4.69, 9.17) is 0 Å². The monoisotopic (exact) mass is 365 g/mol. The summed E-state index contributed by atoms with van der Waals surface area (Å²) in [5, 5.41) is 6.22. The molecule has 1 aromatic carbocycles. The summed E-state index contributed by atoms with van der Waals surface area (Å²) in [5.74, 6) is -0.00689.